The Morgan fingerprint density at radius 1 is 1.23 bits per heavy atom. The lowest BCUT2D eigenvalue weighted by molar-refractivity contribution is 0.727. The molecule has 0 saturated carbocycles. The maximum absolute atomic E-state index is 3.63. The number of hydrogen-bond donors (Lipinski definition) is 2. The summed E-state index contributed by atoms with van der Waals surface area (Å²) in [6.45, 7) is 4.59. The zero-order valence-corrected chi connectivity index (χ0v) is 7.53. The summed E-state index contributed by atoms with van der Waals surface area (Å²) in [4.78, 5) is 0. The molecule has 68 valence electrons. The molecular formula is C11H14N2. The molecule has 2 rings (SSSR count). The van der Waals surface area contributed by atoms with Crippen LogP contribution in [0.3, 0.4) is 0 Å². The topological polar surface area (TPSA) is 24.1 Å². The van der Waals surface area contributed by atoms with Gasteiger partial charge in [0.15, 0.2) is 0 Å². The minimum absolute atomic E-state index is 0.958. The van der Waals surface area contributed by atoms with Crippen molar-refractivity contribution in [2.24, 2.45) is 0 Å². The molecule has 0 fully saturated rings. The highest BCUT2D eigenvalue weighted by molar-refractivity contribution is 5.45. The Bertz CT molecular complexity index is 259. The summed E-state index contributed by atoms with van der Waals surface area (Å²) in [5.74, 6) is 0. The van der Waals surface area contributed by atoms with E-state index in [0.29, 0.717) is 0 Å². The molecule has 0 saturated heterocycles. The Kier molecular flexibility index (Phi) is 4.43. The summed E-state index contributed by atoms with van der Waals surface area (Å²) >= 11 is 0. The summed E-state index contributed by atoms with van der Waals surface area (Å²) in [7, 11) is 0. The van der Waals surface area contributed by atoms with Gasteiger partial charge in [0.2, 0.25) is 0 Å². The average Bonchev–Trinajstić information content (AvgIpc) is 2.77. The van der Waals surface area contributed by atoms with E-state index < -0.39 is 0 Å². The zero-order chi connectivity index (χ0) is 9.36. The van der Waals surface area contributed by atoms with E-state index in [-0.39, 0.29) is 0 Å². The van der Waals surface area contributed by atoms with Gasteiger partial charge in [-0.25, -0.2) is 5.43 Å². The van der Waals surface area contributed by atoms with Crippen molar-refractivity contribution >= 4 is 6.08 Å². The van der Waals surface area contributed by atoms with E-state index >= 15 is 0 Å². The van der Waals surface area contributed by atoms with Crippen molar-refractivity contribution in [2.75, 3.05) is 6.54 Å². The quantitative estimate of drug-likeness (QED) is 0.680. The van der Waals surface area contributed by atoms with Gasteiger partial charge in [-0.1, -0.05) is 49.1 Å². The van der Waals surface area contributed by atoms with Crippen LogP contribution in [-0.4, -0.2) is 6.54 Å². The standard InChI is InChI=1S/C8H8.C3H6N2/c1-2-8-6-4-3-5-7-8;1-2-4-5-3-1/h2-7H,1H2;1-2,4-5H,3H2. The van der Waals surface area contributed by atoms with Crippen molar-refractivity contribution in [2.45, 2.75) is 0 Å². The number of nitrogens with one attached hydrogen (secondary N) is 2. The number of hydrogen-bond acceptors (Lipinski definition) is 2. The third-order valence-electron chi connectivity index (χ3n) is 1.56. The second-order valence-electron chi connectivity index (χ2n) is 2.54. The molecule has 0 amide bonds. The van der Waals surface area contributed by atoms with E-state index in [2.05, 4.69) is 17.4 Å². The van der Waals surface area contributed by atoms with Gasteiger partial charge in [0.25, 0.3) is 0 Å². The minimum atomic E-state index is 0.958. The smallest absolute Gasteiger partial charge is 0.0345 e. The molecule has 0 aromatic heterocycles. The van der Waals surface area contributed by atoms with Crippen LogP contribution in [0.25, 0.3) is 6.08 Å². The third kappa shape index (κ3) is 4.13. The fourth-order valence-corrected chi connectivity index (χ4v) is 0.884. The summed E-state index contributed by atoms with van der Waals surface area (Å²) in [6, 6.07) is 10.0. The van der Waals surface area contributed by atoms with Gasteiger partial charge in [0.1, 0.15) is 0 Å². The first kappa shape index (κ1) is 9.55. The van der Waals surface area contributed by atoms with Crippen LogP contribution in [0.5, 0.6) is 0 Å². The number of benzene rings is 1. The number of rotatable bonds is 1. The van der Waals surface area contributed by atoms with Gasteiger partial charge in [0.05, 0.1) is 0 Å². The summed E-state index contributed by atoms with van der Waals surface area (Å²) in [5, 5.41) is 0. The molecule has 0 atom stereocenters. The van der Waals surface area contributed by atoms with Gasteiger partial charge in [-0.3, -0.25) is 0 Å². The molecule has 1 aromatic rings. The van der Waals surface area contributed by atoms with Gasteiger partial charge >= 0.3 is 0 Å². The molecule has 2 N–H and O–H groups in total. The van der Waals surface area contributed by atoms with Crippen molar-refractivity contribution < 1.29 is 0 Å². The Hall–Kier alpha value is -1.54. The Morgan fingerprint density at radius 2 is 2.00 bits per heavy atom. The molecule has 0 unspecified atom stereocenters. The highest BCUT2D eigenvalue weighted by atomic mass is 15.4. The van der Waals surface area contributed by atoms with Crippen molar-refractivity contribution in [1.82, 2.24) is 10.9 Å². The molecule has 13 heavy (non-hydrogen) atoms. The highest BCUT2D eigenvalue weighted by Crippen LogP contribution is 1.97. The Labute approximate surface area is 78.9 Å². The molecule has 0 radical (unpaired) electrons. The van der Waals surface area contributed by atoms with E-state index in [1.165, 1.54) is 5.56 Å². The third-order valence-corrected chi connectivity index (χ3v) is 1.56. The van der Waals surface area contributed by atoms with Crippen LogP contribution in [0.15, 0.2) is 49.2 Å². The van der Waals surface area contributed by atoms with E-state index in [1.54, 1.807) is 0 Å². The maximum Gasteiger partial charge on any atom is 0.0345 e. The Balaban J connectivity index is 0.000000145. The largest absolute Gasteiger partial charge is 0.329 e. The molecule has 2 nitrogen and oxygen atoms in total. The summed E-state index contributed by atoms with van der Waals surface area (Å²) in [6.07, 6.45) is 5.72. The fourth-order valence-electron chi connectivity index (χ4n) is 0.884. The normalized spacial score (nSPS) is 12.6. The lowest BCUT2D eigenvalue weighted by Gasteiger charge is -1.85. The molecule has 1 heterocycles. The van der Waals surface area contributed by atoms with Crippen LogP contribution in [0, 0.1) is 0 Å². The molecule has 1 aliphatic rings. The zero-order valence-electron chi connectivity index (χ0n) is 7.53. The lowest BCUT2D eigenvalue weighted by atomic mass is 10.2. The van der Waals surface area contributed by atoms with E-state index in [9.17, 15) is 0 Å². The van der Waals surface area contributed by atoms with Crippen molar-refractivity contribution in [3.8, 4) is 0 Å². The number of hydrazine groups is 1. The molecule has 1 aliphatic heterocycles. The SMILES string of the molecule is C1=CNNC1.C=Cc1ccccc1. The first-order chi connectivity index (χ1) is 6.43. The molecule has 0 bridgehead atoms. The molecule has 0 aliphatic carbocycles. The molecular weight excluding hydrogens is 160 g/mol. The summed E-state index contributed by atoms with van der Waals surface area (Å²) < 4.78 is 0. The van der Waals surface area contributed by atoms with Crippen molar-refractivity contribution in [3.63, 3.8) is 0 Å². The van der Waals surface area contributed by atoms with Crippen molar-refractivity contribution in [3.05, 3.63) is 54.8 Å². The predicted molar refractivity (Wildman–Crippen MR) is 56.8 cm³/mol. The van der Waals surface area contributed by atoms with Crippen LogP contribution in [0.1, 0.15) is 5.56 Å². The monoisotopic (exact) mass is 174 g/mol. The average molecular weight is 174 g/mol. The van der Waals surface area contributed by atoms with Crippen LogP contribution >= 0.6 is 0 Å². The molecule has 1 aromatic carbocycles. The lowest BCUT2D eigenvalue weighted by Crippen LogP contribution is -2.19. The first-order valence-electron chi connectivity index (χ1n) is 4.24. The predicted octanol–water partition coefficient (Wildman–Crippen LogP) is 1.94. The van der Waals surface area contributed by atoms with Crippen LogP contribution in [-0.2, 0) is 0 Å². The van der Waals surface area contributed by atoms with Crippen LogP contribution in [0.2, 0.25) is 0 Å². The minimum Gasteiger partial charge on any atom is -0.329 e. The molecule has 2 heteroatoms. The van der Waals surface area contributed by atoms with Gasteiger partial charge in [-0.2, -0.15) is 0 Å². The van der Waals surface area contributed by atoms with E-state index in [4.69, 9.17) is 0 Å². The van der Waals surface area contributed by atoms with E-state index in [1.807, 2.05) is 48.7 Å². The fraction of sp³-hybridized carbons (Fsp3) is 0.0909. The second kappa shape index (κ2) is 6.03. The van der Waals surface area contributed by atoms with Gasteiger partial charge in [-0.05, 0) is 5.56 Å². The van der Waals surface area contributed by atoms with Crippen LogP contribution < -0.4 is 10.9 Å². The van der Waals surface area contributed by atoms with Gasteiger partial charge < -0.3 is 5.43 Å². The van der Waals surface area contributed by atoms with Crippen LogP contribution in [0.4, 0.5) is 0 Å². The van der Waals surface area contributed by atoms with Gasteiger partial charge in [-0.15, -0.1) is 0 Å². The summed E-state index contributed by atoms with van der Waals surface area (Å²) in [5.41, 5.74) is 6.83. The second-order valence-corrected chi connectivity index (χ2v) is 2.54. The maximum atomic E-state index is 3.63. The van der Waals surface area contributed by atoms with Crippen molar-refractivity contribution in [1.29, 1.82) is 0 Å². The molecule has 0 spiro atoms. The highest BCUT2D eigenvalue weighted by Gasteiger charge is 1.78. The Morgan fingerprint density at radius 3 is 2.31 bits per heavy atom. The van der Waals surface area contributed by atoms with Gasteiger partial charge in [0, 0.05) is 12.7 Å². The van der Waals surface area contributed by atoms with E-state index in [0.717, 1.165) is 6.54 Å². The first-order valence-corrected chi connectivity index (χ1v) is 4.24.